The molecular formula is C40H58N2O5. The van der Waals surface area contributed by atoms with Gasteiger partial charge in [-0.15, -0.1) is 0 Å². The third-order valence-corrected chi connectivity index (χ3v) is 15.1. The van der Waals surface area contributed by atoms with Crippen LogP contribution < -0.4 is 15.4 Å². The minimum atomic E-state index is -0.548. The van der Waals surface area contributed by atoms with Gasteiger partial charge in [0, 0.05) is 30.0 Å². The number of ketones is 1. The number of rotatable bonds is 6. The summed E-state index contributed by atoms with van der Waals surface area (Å²) in [7, 11) is 1.57. The van der Waals surface area contributed by atoms with Gasteiger partial charge in [0.15, 0.2) is 5.78 Å². The lowest BCUT2D eigenvalue weighted by atomic mass is 9.33. The largest absolute Gasteiger partial charge is 0.497 e. The summed E-state index contributed by atoms with van der Waals surface area (Å²) in [6.45, 7) is 16.8. The first-order valence-corrected chi connectivity index (χ1v) is 18.1. The van der Waals surface area contributed by atoms with Crippen LogP contribution in [0.3, 0.4) is 0 Å². The Morgan fingerprint density at radius 2 is 1.62 bits per heavy atom. The van der Waals surface area contributed by atoms with Crippen LogP contribution in [0.1, 0.15) is 117 Å². The normalized spacial score (nSPS) is 42.1. The molecule has 7 nitrogen and oxygen atoms in total. The van der Waals surface area contributed by atoms with Crippen molar-refractivity contribution in [1.82, 2.24) is 10.6 Å². The van der Waals surface area contributed by atoms with Crippen LogP contribution in [0.4, 0.5) is 0 Å². The van der Waals surface area contributed by atoms with E-state index in [0.29, 0.717) is 30.3 Å². The van der Waals surface area contributed by atoms with Crippen LogP contribution in [-0.4, -0.2) is 49.0 Å². The van der Waals surface area contributed by atoms with E-state index in [1.54, 1.807) is 31.4 Å². The Balaban J connectivity index is 1.20. The summed E-state index contributed by atoms with van der Waals surface area (Å²) in [4.78, 5) is 41.0. The van der Waals surface area contributed by atoms with Crippen LogP contribution in [0.2, 0.25) is 0 Å². The molecule has 9 atom stereocenters. The maximum Gasteiger partial charge on any atom is 0.251 e. The van der Waals surface area contributed by atoms with E-state index in [1.165, 1.54) is 5.57 Å². The zero-order valence-corrected chi connectivity index (χ0v) is 30.1. The van der Waals surface area contributed by atoms with Gasteiger partial charge in [0.25, 0.3) is 5.91 Å². The van der Waals surface area contributed by atoms with Crippen molar-refractivity contribution in [2.75, 3.05) is 20.2 Å². The highest BCUT2D eigenvalue weighted by Gasteiger charge is 2.70. The molecule has 0 aromatic heterocycles. The average molecular weight is 647 g/mol. The fraction of sp³-hybridized carbons (Fsp3) is 0.725. The predicted octanol–water partition coefficient (Wildman–Crippen LogP) is 6.88. The van der Waals surface area contributed by atoms with Gasteiger partial charge in [0.2, 0.25) is 5.91 Å². The summed E-state index contributed by atoms with van der Waals surface area (Å²) in [6, 6.07) is 7.03. The number of ether oxygens (including phenoxy) is 1. The number of aliphatic hydroxyl groups is 1. The maximum absolute atomic E-state index is 14.6. The standard InChI is InChI=1S/C40H58N2O5/c1-35(2)30-12-15-40(7)32(38(30,5)14-13-31(35)44)29(43)23-27-28-24-37(4,17-16-36(28,3)18-19-39(27,40)6)34(46)42-21-20-41-33(45)25-10-9-11-26(22-25)47-8/h9-11,22-23,28,30-32,44H,12-21,24H2,1-8H3,(H,41,45)(H,42,46)/t28-,30-,31-,32+,36+,37-,38-,39+,40+/m0/s1. The summed E-state index contributed by atoms with van der Waals surface area (Å²) in [6.07, 6.45) is 10.1. The number of carbonyl (C=O) groups excluding carboxylic acids is 3. The fourth-order valence-corrected chi connectivity index (χ4v) is 11.8. The highest BCUT2D eigenvalue weighted by Crippen LogP contribution is 2.75. The lowest BCUT2D eigenvalue weighted by Gasteiger charge is -2.70. The molecule has 3 N–H and O–H groups in total. The number of benzene rings is 1. The average Bonchev–Trinajstić information content (AvgIpc) is 3.03. The number of hydrogen-bond donors (Lipinski definition) is 3. The molecule has 7 heteroatoms. The molecule has 1 aromatic rings. The number of carbonyl (C=O) groups is 3. The third-order valence-electron chi connectivity index (χ3n) is 15.1. The number of methoxy groups -OCH3 is 1. The molecule has 0 saturated heterocycles. The highest BCUT2D eigenvalue weighted by atomic mass is 16.5. The lowest BCUT2D eigenvalue weighted by molar-refractivity contribution is -0.202. The minimum absolute atomic E-state index is 0.0327. The van der Waals surface area contributed by atoms with E-state index in [9.17, 15) is 19.5 Å². The Labute approximate surface area is 282 Å². The van der Waals surface area contributed by atoms with Gasteiger partial charge in [-0.05, 0) is 121 Å². The highest BCUT2D eigenvalue weighted by molar-refractivity contribution is 5.96. The summed E-state index contributed by atoms with van der Waals surface area (Å²) in [5, 5.41) is 17.1. The van der Waals surface area contributed by atoms with Crippen molar-refractivity contribution in [3.05, 3.63) is 41.5 Å². The van der Waals surface area contributed by atoms with Crippen LogP contribution in [0.25, 0.3) is 0 Å². The first kappa shape index (κ1) is 34.2. The Hall–Kier alpha value is -2.67. The van der Waals surface area contributed by atoms with Crippen molar-refractivity contribution >= 4 is 17.6 Å². The van der Waals surface area contributed by atoms with Gasteiger partial charge in [0.1, 0.15) is 5.75 Å². The molecule has 0 unspecified atom stereocenters. The number of hydrogen-bond acceptors (Lipinski definition) is 5. The minimum Gasteiger partial charge on any atom is -0.497 e. The molecule has 47 heavy (non-hydrogen) atoms. The Bertz CT molecular complexity index is 1480. The van der Waals surface area contributed by atoms with Crippen molar-refractivity contribution in [2.24, 2.45) is 50.2 Å². The van der Waals surface area contributed by atoms with E-state index in [1.807, 2.05) is 0 Å². The van der Waals surface area contributed by atoms with Crippen LogP contribution in [-0.2, 0) is 9.59 Å². The summed E-state index contributed by atoms with van der Waals surface area (Å²) >= 11 is 0. The topological polar surface area (TPSA) is 105 Å². The van der Waals surface area contributed by atoms with E-state index < -0.39 is 5.41 Å². The molecule has 258 valence electrons. The molecule has 5 aliphatic rings. The Kier molecular flexibility index (Phi) is 8.34. The van der Waals surface area contributed by atoms with Crippen molar-refractivity contribution < 1.29 is 24.2 Å². The van der Waals surface area contributed by atoms with Gasteiger partial charge in [-0.2, -0.15) is 0 Å². The van der Waals surface area contributed by atoms with Gasteiger partial charge >= 0.3 is 0 Å². The van der Waals surface area contributed by atoms with Gasteiger partial charge in [0.05, 0.1) is 13.2 Å². The van der Waals surface area contributed by atoms with Gasteiger partial charge in [-0.3, -0.25) is 14.4 Å². The second-order valence-corrected chi connectivity index (χ2v) is 17.9. The SMILES string of the molecule is COc1cccc(C(=O)NCCNC(=O)[C@@]2(C)CC[C@]3(C)CC[C@]4(C)C(=CC(=O)[C@@H]5[C@@]6(C)CC[C@H](O)C(C)(C)[C@@H]6CC[C@]54C)[C@@H]3C2)c1. The number of nitrogens with one attached hydrogen (secondary N) is 2. The summed E-state index contributed by atoms with van der Waals surface area (Å²) in [5.41, 5.74) is 0.734. The molecule has 5 aliphatic carbocycles. The number of amides is 2. The molecule has 6 rings (SSSR count). The van der Waals surface area contributed by atoms with Crippen molar-refractivity contribution in [3.8, 4) is 5.75 Å². The molecule has 0 radical (unpaired) electrons. The van der Waals surface area contributed by atoms with E-state index in [2.05, 4.69) is 65.2 Å². The Morgan fingerprint density at radius 1 is 0.915 bits per heavy atom. The maximum atomic E-state index is 14.6. The quantitative estimate of drug-likeness (QED) is 0.292. The number of fused-ring (bicyclic) bond motifs is 7. The van der Waals surface area contributed by atoms with Crippen molar-refractivity contribution in [3.63, 3.8) is 0 Å². The van der Waals surface area contributed by atoms with Crippen molar-refractivity contribution in [1.29, 1.82) is 0 Å². The molecule has 0 spiro atoms. The van der Waals surface area contributed by atoms with E-state index >= 15 is 0 Å². The predicted molar refractivity (Wildman–Crippen MR) is 184 cm³/mol. The first-order valence-electron chi connectivity index (χ1n) is 18.1. The van der Waals surface area contributed by atoms with E-state index in [-0.39, 0.29) is 62.6 Å². The number of aliphatic hydroxyl groups excluding tert-OH is 1. The van der Waals surface area contributed by atoms with Crippen LogP contribution in [0, 0.1) is 50.2 Å². The monoisotopic (exact) mass is 646 g/mol. The second kappa shape index (κ2) is 11.5. The molecule has 4 saturated carbocycles. The fourth-order valence-electron chi connectivity index (χ4n) is 11.8. The summed E-state index contributed by atoms with van der Waals surface area (Å²) < 4.78 is 5.23. The third kappa shape index (κ3) is 5.11. The van der Waals surface area contributed by atoms with Gasteiger partial charge in [-0.25, -0.2) is 0 Å². The van der Waals surface area contributed by atoms with E-state index in [0.717, 1.165) is 57.8 Å². The van der Waals surface area contributed by atoms with Gasteiger partial charge in [-0.1, -0.05) is 60.1 Å². The van der Waals surface area contributed by atoms with E-state index in [4.69, 9.17) is 4.74 Å². The second-order valence-electron chi connectivity index (χ2n) is 17.9. The molecule has 0 aliphatic heterocycles. The zero-order valence-electron chi connectivity index (χ0n) is 30.1. The smallest absolute Gasteiger partial charge is 0.251 e. The van der Waals surface area contributed by atoms with Crippen molar-refractivity contribution in [2.45, 2.75) is 112 Å². The Morgan fingerprint density at radius 3 is 2.34 bits per heavy atom. The molecule has 1 aromatic carbocycles. The molecule has 2 amide bonds. The van der Waals surface area contributed by atoms with Crippen LogP contribution in [0.15, 0.2) is 35.9 Å². The summed E-state index contributed by atoms with van der Waals surface area (Å²) in [5.74, 6) is 1.18. The zero-order chi connectivity index (χ0) is 34.2. The first-order chi connectivity index (χ1) is 21.9. The molecule has 0 bridgehead atoms. The van der Waals surface area contributed by atoms with Crippen LogP contribution in [0.5, 0.6) is 5.75 Å². The number of allylic oxidation sites excluding steroid dienone is 2. The molecular weight excluding hydrogens is 588 g/mol. The molecule has 4 fully saturated rings. The van der Waals surface area contributed by atoms with Gasteiger partial charge < -0.3 is 20.5 Å². The molecule has 0 heterocycles. The van der Waals surface area contributed by atoms with Crippen LogP contribution >= 0.6 is 0 Å². The lowest BCUT2D eigenvalue weighted by Crippen LogP contribution is -2.66.